The summed E-state index contributed by atoms with van der Waals surface area (Å²) in [5, 5.41) is 9.28. The Morgan fingerprint density at radius 2 is 1.84 bits per heavy atom. The van der Waals surface area contributed by atoms with Gasteiger partial charge in [-0.05, 0) is 45.6 Å². The van der Waals surface area contributed by atoms with E-state index < -0.39 is 24.0 Å². The fourth-order valence-corrected chi connectivity index (χ4v) is 7.03. The van der Waals surface area contributed by atoms with Crippen molar-refractivity contribution < 1.29 is 22.7 Å². The average Bonchev–Trinajstić information content (AvgIpc) is 3.25. The number of carbonyl (C=O) groups is 1. The van der Waals surface area contributed by atoms with E-state index in [9.17, 15) is 18.0 Å². The van der Waals surface area contributed by atoms with Gasteiger partial charge in [0.2, 0.25) is 5.91 Å². The van der Waals surface area contributed by atoms with Crippen LogP contribution < -0.4 is 16.1 Å². The molecule has 3 N–H and O–H groups in total. The average molecular weight is 568 g/mol. The zero-order valence-corrected chi connectivity index (χ0v) is 23.8. The number of likely N-dealkylation sites (N-methyl/N-ethyl adjacent to an activating group) is 2. The van der Waals surface area contributed by atoms with E-state index in [0.717, 1.165) is 18.0 Å². The molecule has 0 radical (unpaired) electrons. The van der Waals surface area contributed by atoms with Crippen molar-refractivity contribution in [3.63, 3.8) is 0 Å². The number of amides is 1. The summed E-state index contributed by atoms with van der Waals surface area (Å²) >= 11 is 6.35. The summed E-state index contributed by atoms with van der Waals surface area (Å²) in [4.78, 5) is 18.0. The minimum Gasteiger partial charge on any atom is -0.381 e. The molecular formula is C25H45ClF3N7O2. The van der Waals surface area contributed by atoms with Crippen molar-refractivity contribution in [2.24, 2.45) is 11.8 Å². The van der Waals surface area contributed by atoms with Crippen molar-refractivity contribution >= 4 is 17.5 Å². The van der Waals surface area contributed by atoms with Crippen LogP contribution in [0.3, 0.4) is 0 Å². The quantitative estimate of drug-likeness (QED) is 0.298. The molecule has 3 aliphatic heterocycles. The topological polar surface area (TPSA) is 75.4 Å². The molecule has 0 aromatic carbocycles. The smallest absolute Gasteiger partial charge is 0.381 e. The molecule has 13 heteroatoms. The molecule has 0 aromatic heterocycles. The van der Waals surface area contributed by atoms with Gasteiger partial charge < -0.3 is 19.9 Å². The number of hydrazine groups is 1. The first-order valence-electron chi connectivity index (χ1n) is 13.9. The molecule has 1 aliphatic carbocycles. The molecule has 3 saturated heterocycles. The minimum atomic E-state index is -4.46. The van der Waals surface area contributed by atoms with Crippen LogP contribution in [0.4, 0.5) is 13.2 Å². The fraction of sp³-hybridized carbons (Fsp3) is 0.960. The molecular weight excluding hydrogens is 523 g/mol. The highest BCUT2D eigenvalue weighted by molar-refractivity contribution is 6.20. The van der Waals surface area contributed by atoms with Crippen molar-refractivity contribution in [1.82, 2.24) is 35.8 Å². The van der Waals surface area contributed by atoms with Gasteiger partial charge in [0.05, 0.1) is 24.3 Å². The van der Waals surface area contributed by atoms with Crippen molar-refractivity contribution in [2.75, 3.05) is 67.0 Å². The molecule has 0 bridgehead atoms. The molecule has 4 rings (SSSR count). The number of carbonyl (C=O) groups excluding carboxylic acids is 1. The molecule has 0 spiro atoms. The maximum absolute atomic E-state index is 14.3. The first-order chi connectivity index (χ1) is 18.0. The number of fused-ring (bicyclic) bond motifs is 1. The van der Waals surface area contributed by atoms with E-state index in [-0.39, 0.29) is 42.3 Å². The van der Waals surface area contributed by atoms with Crippen LogP contribution in [0.25, 0.3) is 0 Å². The lowest BCUT2D eigenvalue weighted by molar-refractivity contribution is -0.201. The Morgan fingerprint density at radius 1 is 1.18 bits per heavy atom. The van der Waals surface area contributed by atoms with Gasteiger partial charge in [0.15, 0.2) is 0 Å². The molecule has 4 aliphatic rings. The highest BCUT2D eigenvalue weighted by Crippen LogP contribution is 2.38. The molecule has 38 heavy (non-hydrogen) atoms. The third kappa shape index (κ3) is 7.12. The van der Waals surface area contributed by atoms with Gasteiger partial charge in [-0.1, -0.05) is 0 Å². The normalized spacial score (nSPS) is 35.6. The molecule has 0 aromatic rings. The van der Waals surface area contributed by atoms with Crippen LogP contribution in [0.5, 0.6) is 0 Å². The summed E-state index contributed by atoms with van der Waals surface area (Å²) < 4.78 is 48.5. The number of methoxy groups -OCH3 is 1. The van der Waals surface area contributed by atoms with Crippen LogP contribution in [0, 0.1) is 11.8 Å². The highest BCUT2D eigenvalue weighted by atomic mass is 35.5. The van der Waals surface area contributed by atoms with E-state index in [0.29, 0.717) is 51.9 Å². The van der Waals surface area contributed by atoms with Crippen LogP contribution in [-0.2, 0) is 9.53 Å². The number of nitrogens with one attached hydrogen (secondary N) is 3. The number of nitrogens with zero attached hydrogens (tertiary/aromatic N) is 4. The number of ether oxygens (including phenoxy) is 1. The maximum atomic E-state index is 14.3. The zero-order valence-electron chi connectivity index (χ0n) is 23.0. The van der Waals surface area contributed by atoms with Crippen LogP contribution >= 0.6 is 11.6 Å². The Balaban J connectivity index is 1.34. The van der Waals surface area contributed by atoms with Crippen molar-refractivity contribution in [1.29, 1.82) is 0 Å². The monoisotopic (exact) mass is 567 g/mol. The molecule has 4 unspecified atom stereocenters. The molecule has 220 valence electrons. The van der Waals surface area contributed by atoms with E-state index >= 15 is 0 Å². The molecule has 1 amide bonds. The summed E-state index contributed by atoms with van der Waals surface area (Å²) in [6.45, 7) is 6.51. The number of hydrogen-bond donors (Lipinski definition) is 3. The van der Waals surface area contributed by atoms with Gasteiger partial charge >= 0.3 is 6.18 Å². The number of piperazine rings is 1. The second-order valence-electron chi connectivity index (χ2n) is 11.6. The van der Waals surface area contributed by atoms with Gasteiger partial charge in [0.25, 0.3) is 0 Å². The Bertz CT molecular complexity index is 781. The molecule has 1 saturated carbocycles. The standard InChI is InChI=1S/C25H45ClF3N7O2/c1-16(38-4)22-19(13-30-36-14-20(26)32-24(22)36)31-18-7-5-17(6-8-18)23(25(27,28)29)34(3)21(37)15-35-11-9-33(2)10-12-35/h16-20,22-24,30-32H,5-15H2,1-4H3/t16-,17?,18?,19?,20?,22?,23-,24?/m0/s1. The number of alkyl halides is 4. The Morgan fingerprint density at radius 3 is 2.45 bits per heavy atom. The SMILES string of the molecule is CO[C@@H](C)C1C(NC2CCC([C@H](N(C)C(=O)CN3CCN(C)CC3)C(F)(F)F)CC2)CNN2CC(Cl)NC12. The predicted molar refractivity (Wildman–Crippen MR) is 140 cm³/mol. The largest absolute Gasteiger partial charge is 0.409 e. The summed E-state index contributed by atoms with van der Waals surface area (Å²) in [6.07, 6.45) is -2.33. The third-order valence-electron chi connectivity index (χ3n) is 9.07. The molecule has 3 heterocycles. The lowest BCUT2D eigenvalue weighted by atomic mass is 9.79. The summed E-state index contributed by atoms with van der Waals surface area (Å²) in [6, 6.07) is -1.55. The van der Waals surface area contributed by atoms with Gasteiger partial charge in [-0.2, -0.15) is 13.2 Å². The van der Waals surface area contributed by atoms with E-state index in [1.807, 2.05) is 18.9 Å². The van der Waals surface area contributed by atoms with E-state index in [4.69, 9.17) is 16.3 Å². The van der Waals surface area contributed by atoms with Crippen LogP contribution in [-0.4, -0.2) is 135 Å². The van der Waals surface area contributed by atoms with E-state index in [1.54, 1.807) is 7.11 Å². The number of rotatable bonds is 8. The van der Waals surface area contributed by atoms with Gasteiger partial charge in [0.1, 0.15) is 6.04 Å². The van der Waals surface area contributed by atoms with Gasteiger partial charge in [-0.3, -0.25) is 20.4 Å². The summed E-state index contributed by atoms with van der Waals surface area (Å²) in [7, 11) is 5.04. The van der Waals surface area contributed by atoms with Gasteiger partial charge in [-0.25, -0.2) is 5.01 Å². The van der Waals surface area contributed by atoms with E-state index in [1.165, 1.54) is 7.05 Å². The minimum absolute atomic E-state index is 0.0182. The summed E-state index contributed by atoms with van der Waals surface area (Å²) in [5.41, 5.74) is 3.29. The van der Waals surface area contributed by atoms with Gasteiger partial charge in [-0.15, -0.1) is 11.6 Å². The van der Waals surface area contributed by atoms with Crippen LogP contribution in [0.15, 0.2) is 0 Å². The molecule has 4 fully saturated rings. The van der Waals surface area contributed by atoms with Crippen LogP contribution in [0.1, 0.15) is 32.6 Å². The van der Waals surface area contributed by atoms with Crippen LogP contribution in [0.2, 0.25) is 0 Å². The van der Waals surface area contributed by atoms with Crippen molar-refractivity contribution in [3.05, 3.63) is 0 Å². The molecule has 6 atom stereocenters. The Kier molecular flexibility index (Phi) is 10.2. The van der Waals surface area contributed by atoms with E-state index in [2.05, 4.69) is 26.0 Å². The Labute approximate surface area is 229 Å². The first-order valence-corrected chi connectivity index (χ1v) is 14.3. The molecule has 9 nitrogen and oxygen atoms in total. The maximum Gasteiger partial charge on any atom is 0.409 e. The lowest BCUT2D eigenvalue weighted by Crippen LogP contribution is -2.67. The first kappa shape index (κ1) is 30.2. The third-order valence-corrected chi connectivity index (χ3v) is 9.33. The van der Waals surface area contributed by atoms with Gasteiger partial charge in [0, 0.05) is 71.4 Å². The highest BCUT2D eigenvalue weighted by Gasteiger charge is 2.50. The number of halogens is 4. The predicted octanol–water partition coefficient (Wildman–Crippen LogP) is 1.11. The number of hydrogen-bond acceptors (Lipinski definition) is 8. The zero-order chi connectivity index (χ0) is 27.6. The lowest BCUT2D eigenvalue weighted by Gasteiger charge is -2.47. The second-order valence-corrected chi connectivity index (χ2v) is 12.1. The summed E-state index contributed by atoms with van der Waals surface area (Å²) in [5.74, 6) is -0.923. The fourth-order valence-electron chi connectivity index (χ4n) is 6.75. The second kappa shape index (κ2) is 12.8. The van der Waals surface area contributed by atoms with Crippen molar-refractivity contribution in [3.8, 4) is 0 Å². The van der Waals surface area contributed by atoms with Crippen molar-refractivity contribution in [2.45, 2.75) is 74.7 Å². The Hall–Kier alpha value is -0.730.